The first-order chi connectivity index (χ1) is 7.23. The van der Waals surface area contributed by atoms with E-state index in [1.54, 1.807) is 0 Å². The molecule has 1 rings (SSSR count). The summed E-state index contributed by atoms with van der Waals surface area (Å²) in [6.07, 6.45) is 2.58. The van der Waals surface area contributed by atoms with Crippen LogP contribution >= 0.6 is 15.2 Å². The number of hydrogen-bond acceptors (Lipinski definition) is 5. The third-order valence-corrected chi connectivity index (χ3v) is 5.93. The molecular formula is C7H10NNaO6P2. The van der Waals surface area contributed by atoms with Crippen LogP contribution in [-0.4, -0.2) is 20.2 Å². The molecule has 10 heteroatoms. The zero-order valence-corrected chi connectivity index (χ0v) is 13.0. The van der Waals surface area contributed by atoms with Crippen LogP contribution in [0.2, 0.25) is 0 Å². The van der Waals surface area contributed by atoms with E-state index in [-0.39, 0.29) is 35.3 Å². The molecule has 1 aromatic heterocycles. The monoisotopic (exact) mass is 289 g/mol. The van der Waals surface area contributed by atoms with Crippen molar-refractivity contribution in [2.24, 2.45) is 0 Å². The van der Waals surface area contributed by atoms with Gasteiger partial charge in [-0.25, -0.2) is 4.57 Å². The molecule has 0 aromatic carbocycles. The summed E-state index contributed by atoms with van der Waals surface area (Å²) in [6.45, 7) is 0.894. The molecule has 90 valence electrons. The molecule has 0 aliphatic carbocycles. The number of hydrogen-bond donors (Lipinski definition) is 2. The van der Waals surface area contributed by atoms with Gasteiger partial charge in [0.15, 0.2) is 0 Å². The molecule has 1 aromatic rings. The maximum atomic E-state index is 11.5. The Labute approximate surface area is 120 Å². The number of rotatable bonds is 4. The number of pyridine rings is 1. The van der Waals surface area contributed by atoms with Crippen molar-refractivity contribution >= 4 is 15.2 Å². The van der Waals surface area contributed by atoms with Crippen LogP contribution in [0.3, 0.4) is 0 Å². The van der Waals surface area contributed by atoms with Crippen LogP contribution in [0.4, 0.5) is 0 Å². The Bertz CT molecular complexity index is 449. The second kappa shape index (κ2) is 6.45. The topological polar surface area (TPSA) is 120 Å². The van der Waals surface area contributed by atoms with Crippen molar-refractivity contribution in [1.82, 2.24) is 4.98 Å². The van der Waals surface area contributed by atoms with Gasteiger partial charge in [-0.15, -0.1) is 0 Å². The third-order valence-electron chi connectivity index (χ3n) is 1.82. The molecule has 2 N–H and O–H groups in total. The third kappa shape index (κ3) is 5.20. The van der Waals surface area contributed by atoms with Crippen LogP contribution in [-0.2, 0) is 9.13 Å². The van der Waals surface area contributed by atoms with Crippen molar-refractivity contribution in [3.8, 4) is 5.75 Å². The van der Waals surface area contributed by atoms with Gasteiger partial charge in [-0.2, -0.15) is 0 Å². The molecule has 17 heavy (non-hydrogen) atoms. The average Bonchev–Trinajstić information content (AvgIpc) is 2.16. The zero-order chi connectivity index (χ0) is 12.4. The first-order valence-electron chi connectivity index (χ1n) is 4.19. The molecule has 0 aliphatic rings. The van der Waals surface area contributed by atoms with Crippen molar-refractivity contribution in [3.05, 3.63) is 24.5 Å². The van der Waals surface area contributed by atoms with Gasteiger partial charge >= 0.3 is 37.2 Å². The summed E-state index contributed by atoms with van der Waals surface area (Å²) in [5, 5.41) is -1.89. The molecule has 0 aliphatic heterocycles. The van der Waals surface area contributed by atoms with E-state index < -0.39 is 20.6 Å². The maximum absolute atomic E-state index is 11.5. The Morgan fingerprint density at radius 1 is 1.47 bits per heavy atom. The smallest absolute Gasteiger partial charge is 0.778 e. The minimum atomic E-state index is -4.92. The largest absolute Gasteiger partial charge is 1.00 e. The molecule has 0 amide bonds. The van der Waals surface area contributed by atoms with E-state index in [9.17, 15) is 18.9 Å². The predicted molar refractivity (Wildman–Crippen MR) is 54.0 cm³/mol. The van der Waals surface area contributed by atoms with Gasteiger partial charge in [0.05, 0.1) is 6.20 Å². The Hall–Kier alpha value is 0.290. The molecule has 3 atom stereocenters. The van der Waals surface area contributed by atoms with Crippen molar-refractivity contribution in [2.75, 3.05) is 0 Å². The van der Waals surface area contributed by atoms with E-state index in [1.165, 1.54) is 18.3 Å². The molecular weight excluding hydrogens is 279 g/mol. The molecule has 0 saturated heterocycles. The van der Waals surface area contributed by atoms with Crippen LogP contribution in [0.15, 0.2) is 24.5 Å². The van der Waals surface area contributed by atoms with E-state index in [1.807, 2.05) is 0 Å². The van der Waals surface area contributed by atoms with Crippen LogP contribution in [0.25, 0.3) is 0 Å². The first-order valence-corrected chi connectivity index (χ1v) is 7.48. The summed E-state index contributed by atoms with van der Waals surface area (Å²) in [6, 6.07) is 2.80. The van der Waals surface area contributed by atoms with Crippen LogP contribution in [0, 0.1) is 0 Å². The van der Waals surface area contributed by atoms with Crippen LogP contribution in [0.1, 0.15) is 6.92 Å². The van der Waals surface area contributed by atoms with Gasteiger partial charge in [-0.05, 0) is 19.1 Å². The van der Waals surface area contributed by atoms with Gasteiger partial charge in [0.25, 0.3) is 0 Å². The summed E-state index contributed by atoms with van der Waals surface area (Å²) < 4.78 is 26.8. The molecule has 3 unspecified atom stereocenters. The summed E-state index contributed by atoms with van der Waals surface area (Å²) in [7, 11) is -9.42. The molecule has 0 bridgehead atoms. The number of aromatic nitrogens is 1. The van der Waals surface area contributed by atoms with Gasteiger partial charge < -0.3 is 23.8 Å². The molecule has 1 heterocycles. The minimum absolute atomic E-state index is 0. The van der Waals surface area contributed by atoms with Gasteiger partial charge in [-0.1, -0.05) is 0 Å². The Balaban J connectivity index is 0.00000256. The summed E-state index contributed by atoms with van der Waals surface area (Å²) in [5.74, 6) is -0.0476. The van der Waals surface area contributed by atoms with Gasteiger partial charge in [0.1, 0.15) is 18.7 Å². The quantitative estimate of drug-likeness (QED) is 0.466. The summed E-state index contributed by atoms with van der Waals surface area (Å²) >= 11 is 0. The summed E-state index contributed by atoms with van der Waals surface area (Å²) in [4.78, 5) is 32.4. The van der Waals surface area contributed by atoms with Crippen molar-refractivity contribution in [3.63, 3.8) is 0 Å². The van der Waals surface area contributed by atoms with E-state index in [4.69, 9.17) is 4.89 Å². The molecule has 0 spiro atoms. The summed E-state index contributed by atoms with van der Waals surface area (Å²) in [5.41, 5.74) is 0. The molecule has 0 saturated carbocycles. The predicted octanol–water partition coefficient (Wildman–Crippen LogP) is -2.46. The van der Waals surface area contributed by atoms with Crippen molar-refractivity contribution in [1.29, 1.82) is 0 Å². The Morgan fingerprint density at radius 3 is 2.47 bits per heavy atom. The van der Waals surface area contributed by atoms with Gasteiger partial charge in [0.2, 0.25) is 0 Å². The fourth-order valence-corrected chi connectivity index (χ4v) is 2.99. The second-order valence-corrected chi connectivity index (χ2v) is 7.44. The minimum Gasteiger partial charge on any atom is -0.778 e. The van der Waals surface area contributed by atoms with E-state index in [0.29, 0.717) is 0 Å². The van der Waals surface area contributed by atoms with Crippen LogP contribution in [0.5, 0.6) is 5.75 Å². The zero-order valence-electron chi connectivity index (χ0n) is 9.26. The Morgan fingerprint density at radius 2 is 2.06 bits per heavy atom. The molecule has 0 fully saturated rings. The van der Waals surface area contributed by atoms with Crippen molar-refractivity contribution in [2.45, 2.75) is 12.3 Å². The van der Waals surface area contributed by atoms with E-state index in [0.717, 1.165) is 13.1 Å². The average molecular weight is 289 g/mol. The maximum Gasteiger partial charge on any atom is 1.00 e. The fraction of sp³-hybridized carbons (Fsp3) is 0.286. The van der Waals surface area contributed by atoms with Crippen LogP contribution < -0.4 is 39.0 Å². The van der Waals surface area contributed by atoms with Gasteiger partial charge in [-0.3, -0.25) is 4.98 Å². The number of nitrogens with zero attached hydrogens (tertiary/aromatic N) is 1. The molecule has 0 radical (unpaired) electrons. The van der Waals surface area contributed by atoms with Gasteiger partial charge in [0, 0.05) is 6.20 Å². The second-order valence-electron chi connectivity index (χ2n) is 3.04. The van der Waals surface area contributed by atoms with E-state index in [2.05, 4.69) is 9.51 Å². The van der Waals surface area contributed by atoms with Crippen molar-refractivity contribution < 1.29 is 57.9 Å². The molecule has 7 nitrogen and oxygen atoms in total. The van der Waals surface area contributed by atoms with E-state index >= 15 is 0 Å². The fourth-order valence-electron chi connectivity index (χ4n) is 0.813. The Kier molecular flexibility index (Phi) is 6.56. The SMILES string of the molecule is CC(P(=O)([O-])O)P(=O)(O)Oc1cccnc1.[Na+]. The normalized spacial score (nSPS) is 19.3. The first kappa shape index (κ1) is 17.3. The standard InChI is InChI=1S/C7H11NO6P2.Na/c1-6(15(9,10)11)16(12,13)14-7-3-2-4-8-5-7;/h2-6H,1H3,(H,12,13)(H2,9,10,11);/q;+1/p-1.